The van der Waals surface area contributed by atoms with Gasteiger partial charge in [-0.3, -0.25) is 0 Å². The Balaban J connectivity index is 2.47. The molecule has 21 heavy (non-hydrogen) atoms. The van der Waals surface area contributed by atoms with Crippen molar-refractivity contribution in [1.29, 1.82) is 0 Å². The van der Waals surface area contributed by atoms with E-state index in [4.69, 9.17) is 9.72 Å². The zero-order valence-corrected chi connectivity index (χ0v) is 13.2. The van der Waals surface area contributed by atoms with Crippen LogP contribution in [0.25, 0.3) is 11.4 Å². The van der Waals surface area contributed by atoms with E-state index in [9.17, 15) is 0 Å². The number of nitrogens with one attached hydrogen (secondary N) is 1. The maximum Gasteiger partial charge on any atom is 0.161 e. The lowest BCUT2D eigenvalue weighted by Gasteiger charge is -2.13. The number of nitrogens with zero attached hydrogens (tertiary/aromatic N) is 2. The van der Waals surface area contributed by atoms with Crippen molar-refractivity contribution in [3.63, 3.8) is 0 Å². The summed E-state index contributed by atoms with van der Waals surface area (Å²) in [5.41, 5.74) is 3.19. The number of hydrogen-bond donors (Lipinski definition) is 1. The van der Waals surface area contributed by atoms with Crippen molar-refractivity contribution in [3.8, 4) is 17.1 Å². The van der Waals surface area contributed by atoms with Gasteiger partial charge in [-0.1, -0.05) is 19.1 Å². The molecule has 112 valence electrons. The predicted molar refractivity (Wildman–Crippen MR) is 86.9 cm³/mol. The zero-order valence-electron chi connectivity index (χ0n) is 13.2. The molecular formula is C17H23N3O. The molecule has 0 fully saturated rings. The minimum Gasteiger partial charge on any atom is -0.494 e. The molecule has 1 N–H and O–H groups in total. The van der Waals surface area contributed by atoms with Gasteiger partial charge < -0.3 is 10.1 Å². The van der Waals surface area contributed by atoms with E-state index >= 15 is 0 Å². The largest absolute Gasteiger partial charge is 0.494 e. The summed E-state index contributed by atoms with van der Waals surface area (Å²) in [6.07, 6.45) is 0.894. The first-order chi connectivity index (χ1) is 10.2. The maximum absolute atomic E-state index is 5.55. The van der Waals surface area contributed by atoms with Crippen LogP contribution in [0.5, 0.6) is 5.75 Å². The van der Waals surface area contributed by atoms with Crippen LogP contribution in [0.15, 0.2) is 24.3 Å². The summed E-state index contributed by atoms with van der Waals surface area (Å²) in [7, 11) is 0. The van der Waals surface area contributed by atoms with Gasteiger partial charge in [0.1, 0.15) is 11.6 Å². The zero-order chi connectivity index (χ0) is 15.2. The summed E-state index contributed by atoms with van der Waals surface area (Å²) in [5, 5.41) is 3.32. The SMILES string of the molecule is CCNc1nc(-c2cccc(OCC)c2)nc(CC)c1C. The predicted octanol–water partition coefficient (Wildman–Crippen LogP) is 3.84. The van der Waals surface area contributed by atoms with Crippen molar-refractivity contribution in [3.05, 3.63) is 35.5 Å². The highest BCUT2D eigenvalue weighted by Crippen LogP contribution is 2.25. The van der Waals surface area contributed by atoms with Crippen LogP contribution < -0.4 is 10.1 Å². The summed E-state index contributed by atoms with van der Waals surface area (Å²) >= 11 is 0. The van der Waals surface area contributed by atoms with Gasteiger partial charge >= 0.3 is 0 Å². The summed E-state index contributed by atoms with van der Waals surface area (Å²) < 4.78 is 5.55. The van der Waals surface area contributed by atoms with Crippen molar-refractivity contribution in [2.24, 2.45) is 0 Å². The van der Waals surface area contributed by atoms with Gasteiger partial charge in [0.25, 0.3) is 0 Å². The second-order valence-electron chi connectivity index (χ2n) is 4.81. The van der Waals surface area contributed by atoms with Crippen LogP contribution in [0, 0.1) is 6.92 Å². The highest BCUT2D eigenvalue weighted by Gasteiger charge is 2.11. The molecule has 0 bridgehead atoms. The van der Waals surface area contributed by atoms with Gasteiger partial charge in [-0.2, -0.15) is 0 Å². The van der Waals surface area contributed by atoms with Crippen molar-refractivity contribution in [1.82, 2.24) is 9.97 Å². The van der Waals surface area contributed by atoms with Gasteiger partial charge in [-0.15, -0.1) is 0 Å². The van der Waals surface area contributed by atoms with E-state index in [0.29, 0.717) is 6.61 Å². The highest BCUT2D eigenvalue weighted by molar-refractivity contribution is 5.61. The minimum atomic E-state index is 0.654. The normalized spacial score (nSPS) is 10.5. The molecule has 1 aromatic carbocycles. The van der Waals surface area contributed by atoms with E-state index in [1.54, 1.807) is 0 Å². The quantitative estimate of drug-likeness (QED) is 0.876. The molecule has 0 aliphatic heterocycles. The molecule has 1 heterocycles. The first kappa shape index (κ1) is 15.3. The molecule has 0 saturated heterocycles. The third-order valence-electron chi connectivity index (χ3n) is 3.33. The smallest absolute Gasteiger partial charge is 0.161 e. The Morgan fingerprint density at radius 1 is 1.14 bits per heavy atom. The van der Waals surface area contributed by atoms with E-state index in [1.165, 1.54) is 0 Å². The molecule has 0 aliphatic carbocycles. The fourth-order valence-corrected chi connectivity index (χ4v) is 2.27. The van der Waals surface area contributed by atoms with Crippen LogP contribution in [-0.4, -0.2) is 23.1 Å². The maximum atomic E-state index is 5.55. The van der Waals surface area contributed by atoms with Crippen LogP contribution in [0.1, 0.15) is 32.0 Å². The number of aryl methyl sites for hydroxylation is 1. The van der Waals surface area contributed by atoms with Gasteiger partial charge in [0.2, 0.25) is 0 Å². The molecule has 0 aliphatic rings. The van der Waals surface area contributed by atoms with Crippen molar-refractivity contribution < 1.29 is 4.74 Å². The lowest BCUT2D eigenvalue weighted by atomic mass is 10.1. The number of anilines is 1. The fourth-order valence-electron chi connectivity index (χ4n) is 2.27. The number of benzene rings is 1. The minimum absolute atomic E-state index is 0.654. The lowest BCUT2D eigenvalue weighted by Crippen LogP contribution is -2.07. The molecule has 4 nitrogen and oxygen atoms in total. The molecule has 0 atom stereocenters. The summed E-state index contributed by atoms with van der Waals surface area (Å²) in [6.45, 7) is 9.74. The average Bonchev–Trinajstić information content (AvgIpc) is 2.50. The van der Waals surface area contributed by atoms with Crippen LogP contribution in [0.2, 0.25) is 0 Å². The Morgan fingerprint density at radius 2 is 1.95 bits per heavy atom. The number of hydrogen-bond acceptors (Lipinski definition) is 4. The van der Waals surface area contributed by atoms with E-state index in [2.05, 4.69) is 31.1 Å². The third kappa shape index (κ3) is 3.51. The molecule has 2 rings (SSSR count). The van der Waals surface area contributed by atoms with Crippen molar-refractivity contribution >= 4 is 5.82 Å². The highest BCUT2D eigenvalue weighted by atomic mass is 16.5. The molecule has 4 heteroatoms. The van der Waals surface area contributed by atoms with Gasteiger partial charge in [-0.25, -0.2) is 9.97 Å². The molecule has 1 aromatic heterocycles. The van der Waals surface area contributed by atoms with Crippen molar-refractivity contribution in [2.75, 3.05) is 18.5 Å². The Morgan fingerprint density at radius 3 is 2.62 bits per heavy atom. The summed E-state index contributed by atoms with van der Waals surface area (Å²) in [4.78, 5) is 9.36. The van der Waals surface area contributed by atoms with E-state index in [-0.39, 0.29) is 0 Å². The van der Waals surface area contributed by atoms with Crippen LogP contribution >= 0.6 is 0 Å². The van der Waals surface area contributed by atoms with Crippen molar-refractivity contribution in [2.45, 2.75) is 34.1 Å². The fraction of sp³-hybridized carbons (Fsp3) is 0.412. The number of ether oxygens (including phenoxy) is 1. The van der Waals surface area contributed by atoms with Gasteiger partial charge in [0.15, 0.2) is 5.82 Å². The topological polar surface area (TPSA) is 47.0 Å². The van der Waals surface area contributed by atoms with Crippen LogP contribution in [0.4, 0.5) is 5.82 Å². The van der Waals surface area contributed by atoms with E-state index < -0.39 is 0 Å². The summed E-state index contributed by atoms with van der Waals surface area (Å²) in [5.74, 6) is 2.51. The average molecular weight is 285 g/mol. The molecular weight excluding hydrogens is 262 g/mol. The van der Waals surface area contributed by atoms with Gasteiger partial charge in [0, 0.05) is 23.4 Å². The molecule has 0 spiro atoms. The van der Waals surface area contributed by atoms with Gasteiger partial charge in [-0.05, 0) is 39.3 Å². The van der Waals surface area contributed by atoms with Crippen LogP contribution in [-0.2, 0) is 6.42 Å². The molecule has 0 unspecified atom stereocenters. The molecule has 2 aromatic rings. The molecule has 0 saturated carbocycles. The standard InChI is InChI=1S/C17H23N3O/c1-5-15-12(4)16(18-6-2)20-17(19-15)13-9-8-10-14(11-13)21-7-3/h8-11H,5-7H2,1-4H3,(H,18,19,20). The monoisotopic (exact) mass is 285 g/mol. The molecule has 0 radical (unpaired) electrons. The Hall–Kier alpha value is -2.10. The third-order valence-corrected chi connectivity index (χ3v) is 3.33. The first-order valence-corrected chi connectivity index (χ1v) is 7.54. The lowest BCUT2D eigenvalue weighted by molar-refractivity contribution is 0.340. The number of rotatable bonds is 6. The first-order valence-electron chi connectivity index (χ1n) is 7.54. The van der Waals surface area contributed by atoms with E-state index in [0.717, 1.165) is 47.2 Å². The van der Waals surface area contributed by atoms with E-state index in [1.807, 2.05) is 31.2 Å². The molecule has 0 amide bonds. The second-order valence-corrected chi connectivity index (χ2v) is 4.81. The Bertz CT molecular complexity index is 611. The Kier molecular flexibility index (Phi) is 5.14. The van der Waals surface area contributed by atoms with Crippen LogP contribution in [0.3, 0.4) is 0 Å². The summed E-state index contributed by atoms with van der Waals surface area (Å²) in [6, 6.07) is 7.93. The van der Waals surface area contributed by atoms with Gasteiger partial charge in [0.05, 0.1) is 6.61 Å². The Labute approximate surface area is 126 Å². The second kappa shape index (κ2) is 7.07. The number of aromatic nitrogens is 2.